The van der Waals surface area contributed by atoms with Crippen LogP contribution in [0.5, 0.6) is 0 Å². The maximum absolute atomic E-state index is 12.8. The Balaban J connectivity index is 1.22. The second-order valence-corrected chi connectivity index (χ2v) is 9.10. The molecule has 3 aliphatic rings. The van der Waals surface area contributed by atoms with Gasteiger partial charge in [-0.15, -0.1) is 0 Å². The minimum atomic E-state index is -0.107. The van der Waals surface area contributed by atoms with Crippen LogP contribution >= 0.6 is 0 Å². The lowest BCUT2D eigenvalue weighted by Gasteiger charge is -2.28. The Hall–Kier alpha value is -3.98. The van der Waals surface area contributed by atoms with Crippen LogP contribution in [0.2, 0.25) is 0 Å². The highest BCUT2D eigenvalue weighted by atomic mass is 16.5. The summed E-state index contributed by atoms with van der Waals surface area (Å²) in [6.45, 7) is 2.15. The van der Waals surface area contributed by atoms with Crippen LogP contribution in [0.15, 0.2) is 49.1 Å². The van der Waals surface area contributed by atoms with E-state index in [-0.39, 0.29) is 5.91 Å². The van der Waals surface area contributed by atoms with Crippen molar-refractivity contribution in [1.82, 2.24) is 24.8 Å². The number of fused-ring (bicyclic) bond motifs is 4. The summed E-state index contributed by atoms with van der Waals surface area (Å²) in [4.78, 5) is 29.0. The maximum Gasteiger partial charge on any atom is 0.254 e. The first-order valence-corrected chi connectivity index (χ1v) is 11.5. The number of amides is 1. The molecular formula is C25H23N7O2. The number of ether oxygens (including phenoxy) is 1. The third-order valence-electron chi connectivity index (χ3n) is 7.10. The van der Waals surface area contributed by atoms with Gasteiger partial charge in [-0.05, 0) is 30.7 Å². The number of anilines is 3. The van der Waals surface area contributed by atoms with Gasteiger partial charge in [0.1, 0.15) is 11.5 Å². The van der Waals surface area contributed by atoms with Gasteiger partial charge in [0.05, 0.1) is 53.8 Å². The van der Waals surface area contributed by atoms with Crippen LogP contribution in [0.1, 0.15) is 22.3 Å². The van der Waals surface area contributed by atoms with E-state index in [1.807, 2.05) is 42.2 Å². The molecule has 1 amide bonds. The molecule has 2 N–H and O–H groups in total. The molecule has 9 nitrogen and oxygen atoms in total. The lowest BCUT2D eigenvalue weighted by Crippen LogP contribution is -2.36. The van der Waals surface area contributed by atoms with E-state index in [0.29, 0.717) is 35.8 Å². The first-order valence-electron chi connectivity index (χ1n) is 11.5. The standard InChI is InChI=1S/C25H23N7O2/c1-31-7-5-18-17(4-6-26-24(18)31)23-19-10-29-25(33)22(19)20(11-28-23)30-21-3-2-14(9-27-21)32-12-16-8-15(32)13-34-16/h2-7,9,11,15-16H,8,10,12-13H2,1H3,(H,27,30)(H,29,33). The highest BCUT2D eigenvalue weighted by Gasteiger charge is 2.39. The summed E-state index contributed by atoms with van der Waals surface area (Å²) in [7, 11) is 1.97. The Morgan fingerprint density at radius 1 is 1.15 bits per heavy atom. The molecule has 0 aromatic carbocycles. The fourth-order valence-electron chi connectivity index (χ4n) is 5.42. The monoisotopic (exact) mass is 453 g/mol. The fourth-order valence-corrected chi connectivity index (χ4v) is 5.42. The van der Waals surface area contributed by atoms with Crippen molar-refractivity contribution in [3.8, 4) is 11.3 Å². The molecule has 2 unspecified atom stereocenters. The first kappa shape index (κ1) is 19.5. The summed E-state index contributed by atoms with van der Waals surface area (Å²) >= 11 is 0. The molecule has 9 heteroatoms. The van der Waals surface area contributed by atoms with Crippen molar-refractivity contribution in [2.45, 2.75) is 25.1 Å². The lowest BCUT2D eigenvalue weighted by molar-refractivity contribution is 0.0966. The number of hydrogen-bond acceptors (Lipinski definition) is 7. The minimum Gasteiger partial charge on any atom is -0.374 e. The highest BCUT2D eigenvalue weighted by molar-refractivity contribution is 6.06. The number of nitrogens with one attached hydrogen (secondary N) is 2. The van der Waals surface area contributed by atoms with E-state index >= 15 is 0 Å². The van der Waals surface area contributed by atoms with Gasteiger partial charge in [0, 0.05) is 49.0 Å². The Morgan fingerprint density at radius 2 is 2.09 bits per heavy atom. The number of hydrogen-bond donors (Lipinski definition) is 2. The molecule has 2 saturated heterocycles. The summed E-state index contributed by atoms with van der Waals surface area (Å²) in [5.41, 5.74) is 5.91. The van der Waals surface area contributed by atoms with Gasteiger partial charge in [0.2, 0.25) is 0 Å². The van der Waals surface area contributed by atoms with E-state index in [0.717, 1.165) is 53.1 Å². The van der Waals surface area contributed by atoms with E-state index in [2.05, 4.69) is 31.6 Å². The average Bonchev–Trinajstić information content (AvgIpc) is 3.65. The molecule has 34 heavy (non-hydrogen) atoms. The van der Waals surface area contributed by atoms with Crippen molar-refractivity contribution >= 4 is 34.1 Å². The van der Waals surface area contributed by atoms with Crippen LogP contribution in [0, 0.1) is 0 Å². The highest BCUT2D eigenvalue weighted by Crippen LogP contribution is 2.36. The van der Waals surface area contributed by atoms with Gasteiger partial charge in [-0.3, -0.25) is 9.78 Å². The van der Waals surface area contributed by atoms with E-state index in [1.54, 1.807) is 12.4 Å². The molecule has 2 atom stereocenters. The van der Waals surface area contributed by atoms with Crippen LogP contribution in [-0.4, -0.2) is 50.7 Å². The normalized spacial score (nSPS) is 20.7. The Labute approximate surface area is 195 Å². The quantitative estimate of drug-likeness (QED) is 0.490. The van der Waals surface area contributed by atoms with Crippen LogP contribution in [-0.2, 0) is 18.3 Å². The lowest BCUT2D eigenvalue weighted by atomic mass is 10.0. The van der Waals surface area contributed by atoms with Gasteiger partial charge in [-0.25, -0.2) is 9.97 Å². The maximum atomic E-state index is 12.8. The van der Waals surface area contributed by atoms with E-state index in [4.69, 9.17) is 9.72 Å². The predicted octanol–water partition coefficient (Wildman–Crippen LogP) is 2.99. The molecule has 7 rings (SSSR count). The van der Waals surface area contributed by atoms with Gasteiger partial charge in [0.15, 0.2) is 0 Å². The molecule has 2 fully saturated rings. The second-order valence-electron chi connectivity index (χ2n) is 9.10. The molecule has 0 radical (unpaired) electrons. The van der Waals surface area contributed by atoms with Crippen LogP contribution < -0.4 is 15.5 Å². The first-order chi connectivity index (χ1) is 16.7. The molecule has 0 aliphatic carbocycles. The van der Waals surface area contributed by atoms with E-state index < -0.39 is 0 Å². The Kier molecular flexibility index (Phi) is 4.16. The smallest absolute Gasteiger partial charge is 0.254 e. The summed E-state index contributed by atoms with van der Waals surface area (Å²) in [6, 6.07) is 8.45. The number of pyridine rings is 3. The van der Waals surface area contributed by atoms with Crippen molar-refractivity contribution in [1.29, 1.82) is 0 Å². The molecule has 170 valence electrons. The number of morpholine rings is 1. The molecule has 0 saturated carbocycles. The number of aryl methyl sites for hydroxylation is 1. The summed E-state index contributed by atoms with van der Waals surface area (Å²) in [5, 5.41) is 7.28. The van der Waals surface area contributed by atoms with Crippen molar-refractivity contribution in [3.05, 3.63) is 60.2 Å². The second kappa shape index (κ2) is 7.26. The topological polar surface area (TPSA) is 97.2 Å². The number of aromatic nitrogens is 4. The van der Waals surface area contributed by atoms with Crippen LogP contribution in [0.3, 0.4) is 0 Å². The molecule has 3 aliphatic heterocycles. The number of nitrogens with zero attached hydrogens (tertiary/aromatic N) is 5. The van der Waals surface area contributed by atoms with Gasteiger partial charge in [0.25, 0.3) is 5.91 Å². The van der Waals surface area contributed by atoms with Crippen molar-refractivity contribution < 1.29 is 9.53 Å². The molecule has 4 aromatic rings. The molecule has 7 heterocycles. The SMILES string of the molecule is Cn1ccc2c(-c3ncc(Nc4ccc(N5CC6CC5CO6)cn4)c4c3CNC4=O)ccnc21. The molecule has 2 bridgehead atoms. The van der Waals surface area contributed by atoms with Crippen molar-refractivity contribution in [2.75, 3.05) is 23.4 Å². The third-order valence-corrected chi connectivity index (χ3v) is 7.10. The Bertz CT molecular complexity index is 1450. The van der Waals surface area contributed by atoms with E-state index in [9.17, 15) is 4.79 Å². The zero-order valence-corrected chi connectivity index (χ0v) is 18.7. The van der Waals surface area contributed by atoms with Gasteiger partial charge in [-0.2, -0.15) is 0 Å². The zero-order valence-electron chi connectivity index (χ0n) is 18.7. The van der Waals surface area contributed by atoms with Crippen molar-refractivity contribution in [3.63, 3.8) is 0 Å². The average molecular weight is 454 g/mol. The molecular weight excluding hydrogens is 430 g/mol. The summed E-state index contributed by atoms with van der Waals surface area (Å²) < 4.78 is 7.68. The van der Waals surface area contributed by atoms with Crippen molar-refractivity contribution in [2.24, 2.45) is 7.05 Å². The minimum absolute atomic E-state index is 0.107. The van der Waals surface area contributed by atoms with Gasteiger partial charge >= 0.3 is 0 Å². The fraction of sp³-hybridized carbons (Fsp3) is 0.280. The Morgan fingerprint density at radius 3 is 2.88 bits per heavy atom. The third kappa shape index (κ3) is 2.90. The van der Waals surface area contributed by atoms with Gasteiger partial charge in [-0.1, -0.05) is 0 Å². The van der Waals surface area contributed by atoms with Crippen LogP contribution in [0.25, 0.3) is 22.3 Å². The van der Waals surface area contributed by atoms with Crippen LogP contribution in [0.4, 0.5) is 17.2 Å². The summed E-state index contributed by atoms with van der Waals surface area (Å²) in [6.07, 6.45) is 8.80. The predicted molar refractivity (Wildman–Crippen MR) is 128 cm³/mol. The van der Waals surface area contributed by atoms with Gasteiger partial charge < -0.3 is 24.8 Å². The van der Waals surface area contributed by atoms with E-state index in [1.165, 1.54) is 0 Å². The zero-order chi connectivity index (χ0) is 22.8. The summed E-state index contributed by atoms with van der Waals surface area (Å²) in [5.74, 6) is 0.569. The number of carbonyl (C=O) groups excluding carboxylic acids is 1. The largest absolute Gasteiger partial charge is 0.374 e. The molecule has 4 aromatic heterocycles. The number of carbonyl (C=O) groups is 1. The molecule has 0 spiro atoms. The number of rotatable bonds is 4.